The second kappa shape index (κ2) is 9.78. The summed E-state index contributed by atoms with van der Waals surface area (Å²) in [4.78, 5) is 12.2. The van der Waals surface area contributed by atoms with Gasteiger partial charge in [-0.2, -0.15) is 0 Å². The smallest absolute Gasteiger partial charge is 0.230 e. The number of furan rings is 1. The van der Waals surface area contributed by atoms with Crippen molar-refractivity contribution in [2.24, 2.45) is 0 Å². The number of carbonyl (C=O) groups is 1. The maximum atomic E-state index is 12.2. The zero-order valence-corrected chi connectivity index (χ0v) is 16.9. The first-order valence-corrected chi connectivity index (χ1v) is 10.6. The monoisotopic (exact) mass is 388 g/mol. The second-order valence-electron chi connectivity index (χ2n) is 7.16. The molecule has 1 N–H and O–H groups in total. The van der Waals surface area contributed by atoms with Gasteiger partial charge in [-0.05, 0) is 44.2 Å². The predicted octanol–water partition coefficient (Wildman–Crippen LogP) is 4.14. The van der Waals surface area contributed by atoms with Gasteiger partial charge in [0.1, 0.15) is 11.6 Å². The zero-order chi connectivity index (χ0) is 19.1. The molecule has 2 aromatic rings. The number of rotatable bonds is 9. The van der Waals surface area contributed by atoms with Gasteiger partial charge in [0.15, 0.2) is 5.16 Å². The first-order valence-electron chi connectivity index (χ1n) is 9.66. The van der Waals surface area contributed by atoms with Gasteiger partial charge in [-0.3, -0.25) is 9.36 Å². The molecule has 1 aliphatic carbocycles. The SMILES string of the molecule is CC(C)c1nnc(SCC(=O)NCCC2=CCCCC2)n1Cc1ccco1. The Hall–Kier alpha value is -2.02. The van der Waals surface area contributed by atoms with Crippen molar-refractivity contribution in [3.05, 3.63) is 41.6 Å². The van der Waals surface area contributed by atoms with Crippen molar-refractivity contribution < 1.29 is 9.21 Å². The summed E-state index contributed by atoms with van der Waals surface area (Å²) in [6.45, 7) is 5.46. The van der Waals surface area contributed by atoms with E-state index in [0.717, 1.165) is 23.2 Å². The Bertz CT molecular complexity index is 765. The highest BCUT2D eigenvalue weighted by molar-refractivity contribution is 7.99. The molecule has 0 radical (unpaired) electrons. The zero-order valence-electron chi connectivity index (χ0n) is 16.1. The number of hydrogen-bond donors (Lipinski definition) is 1. The average molecular weight is 389 g/mol. The summed E-state index contributed by atoms with van der Waals surface area (Å²) >= 11 is 1.42. The Morgan fingerprint density at radius 2 is 2.26 bits per heavy atom. The van der Waals surface area contributed by atoms with Gasteiger partial charge in [-0.1, -0.05) is 37.3 Å². The third-order valence-electron chi connectivity index (χ3n) is 4.64. The number of amides is 1. The molecule has 1 aliphatic rings. The van der Waals surface area contributed by atoms with Gasteiger partial charge >= 0.3 is 0 Å². The van der Waals surface area contributed by atoms with Crippen LogP contribution in [0.1, 0.15) is 63.5 Å². The van der Waals surface area contributed by atoms with Gasteiger partial charge in [-0.15, -0.1) is 10.2 Å². The summed E-state index contributed by atoms with van der Waals surface area (Å²) < 4.78 is 7.50. The number of nitrogens with zero attached hydrogens (tertiary/aromatic N) is 3. The summed E-state index contributed by atoms with van der Waals surface area (Å²) in [5.41, 5.74) is 1.48. The molecule has 7 heteroatoms. The van der Waals surface area contributed by atoms with Crippen LogP contribution in [0.15, 0.2) is 39.6 Å². The molecule has 6 nitrogen and oxygen atoms in total. The normalized spacial score (nSPS) is 14.4. The molecule has 0 aromatic carbocycles. The molecule has 27 heavy (non-hydrogen) atoms. The van der Waals surface area contributed by atoms with E-state index >= 15 is 0 Å². The van der Waals surface area contributed by atoms with Crippen molar-refractivity contribution in [2.45, 2.75) is 63.6 Å². The second-order valence-corrected chi connectivity index (χ2v) is 8.10. The van der Waals surface area contributed by atoms with E-state index in [9.17, 15) is 4.79 Å². The highest BCUT2D eigenvalue weighted by Gasteiger charge is 2.17. The van der Waals surface area contributed by atoms with Crippen molar-refractivity contribution >= 4 is 17.7 Å². The van der Waals surface area contributed by atoms with E-state index < -0.39 is 0 Å². The first-order chi connectivity index (χ1) is 13.1. The molecule has 0 unspecified atom stereocenters. The third-order valence-corrected chi connectivity index (χ3v) is 5.61. The largest absolute Gasteiger partial charge is 0.467 e. The molecule has 0 saturated carbocycles. The van der Waals surface area contributed by atoms with Crippen molar-refractivity contribution in [1.29, 1.82) is 0 Å². The van der Waals surface area contributed by atoms with Gasteiger partial charge in [-0.25, -0.2) is 0 Å². The Labute approximate surface area is 164 Å². The molecule has 3 rings (SSSR count). The standard InChI is InChI=1S/C20H28N4O2S/c1-15(2)19-22-23-20(24(19)13-17-9-6-12-26-17)27-14-18(25)21-11-10-16-7-4-3-5-8-16/h6-7,9,12,15H,3-5,8,10-11,13-14H2,1-2H3,(H,21,25). The van der Waals surface area contributed by atoms with Crippen LogP contribution in [0, 0.1) is 0 Å². The van der Waals surface area contributed by atoms with E-state index in [1.54, 1.807) is 6.26 Å². The molecular formula is C20H28N4O2S. The van der Waals surface area contributed by atoms with Crippen LogP contribution < -0.4 is 5.32 Å². The number of hydrogen-bond acceptors (Lipinski definition) is 5. The van der Waals surface area contributed by atoms with Gasteiger partial charge < -0.3 is 9.73 Å². The number of nitrogens with one attached hydrogen (secondary N) is 1. The van der Waals surface area contributed by atoms with Crippen molar-refractivity contribution in [3.63, 3.8) is 0 Å². The van der Waals surface area contributed by atoms with E-state index in [1.165, 1.54) is 43.0 Å². The lowest BCUT2D eigenvalue weighted by molar-refractivity contribution is -0.118. The van der Waals surface area contributed by atoms with Crippen LogP contribution in [-0.4, -0.2) is 33.0 Å². The molecule has 2 aromatic heterocycles. The molecule has 0 aliphatic heterocycles. The Kier molecular flexibility index (Phi) is 7.15. The molecule has 0 atom stereocenters. The van der Waals surface area contributed by atoms with Crippen LogP contribution >= 0.6 is 11.8 Å². The van der Waals surface area contributed by atoms with E-state index in [2.05, 4.69) is 35.4 Å². The Balaban J connectivity index is 1.52. The van der Waals surface area contributed by atoms with Gasteiger partial charge in [0.05, 0.1) is 18.6 Å². The minimum atomic E-state index is 0.0371. The minimum Gasteiger partial charge on any atom is -0.467 e. The molecule has 0 fully saturated rings. The molecule has 0 bridgehead atoms. The number of carbonyl (C=O) groups excluding carboxylic acids is 1. The number of aromatic nitrogens is 3. The summed E-state index contributed by atoms with van der Waals surface area (Å²) in [7, 11) is 0. The van der Waals surface area contributed by atoms with Crippen LogP contribution in [0.4, 0.5) is 0 Å². The lowest BCUT2D eigenvalue weighted by atomic mass is 9.97. The van der Waals surface area contributed by atoms with Crippen LogP contribution in [0.2, 0.25) is 0 Å². The van der Waals surface area contributed by atoms with E-state index in [4.69, 9.17) is 4.42 Å². The summed E-state index contributed by atoms with van der Waals surface area (Å²) in [5.74, 6) is 2.38. The van der Waals surface area contributed by atoms with E-state index in [0.29, 0.717) is 18.8 Å². The van der Waals surface area contributed by atoms with Crippen LogP contribution in [0.25, 0.3) is 0 Å². The molecule has 0 saturated heterocycles. The lowest BCUT2D eigenvalue weighted by Gasteiger charge is -2.13. The average Bonchev–Trinajstić information content (AvgIpc) is 3.31. The fraction of sp³-hybridized carbons (Fsp3) is 0.550. The fourth-order valence-electron chi connectivity index (χ4n) is 3.22. The highest BCUT2D eigenvalue weighted by atomic mass is 32.2. The maximum absolute atomic E-state index is 12.2. The van der Waals surface area contributed by atoms with Crippen LogP contribution in [0.3, 0.4) is 0 Å². The fourth-order valence-corrected chi connectivity index (χ4v) is 3.99. The minimum absolute atomic E-state index is 0.0371. The van der Waals surface area contributed by atoms with Crippen LogP contribution in [0.5, 0.6) is 0 Å². The molecule has 0 spiro atoms. The van der Waals surface area contributed by atoms with Crippen molar-refractivity contribution in [1.82, 2.24) is 20.1 Å². The van der Waals surface area contributed by atoms with Gasteiger partial charge in [0, 0.05) is 12.5 Å². The van der Waals surface area contributed by atoms with Gasteiger partial charge in [0.2, 0.25) is 5.91 Å². The summed E-state index contributed by atoms with van der Waals surface area (Å²) in [6, 6.07) is 3.81. The molecule has 1 amide bonds. The number of allylic oxidation sites excluding steroid dienone is 1. The maximum Gasteiger partial charge on any atom is 0.230 e. The summed E-state index contributed by atoms with van der Waals surface area (Å²) in [6.07, 6.45) is 9.89. The first kappa shape index (κ1) is 19.7. The highest BCUT2D eigenvalue weighted by Crippen LogP contribution is 2.23. The third kappa shape index (κ3) is 5.73. The van der Waals surface area contributed by atoms with E-state index in [1.807, 2.05) is 16.7 Å². The predicted molar refractivity (Wildman–Crippen MR) is 107 cm³/mol. The Morgan fingerprint density at radius 1 is 1.37 bits per heavy atom. The van der Waals surface area contributed by atoms with Crippen molar-refractivity contribution in [2.75, 3.05) is 12.3 Å². The quantitative estimate of drug-likeness (QED) is 0.516. The van der Waals surface area contributed by atoms with Gasteiger partial charge in [0.25, 0.3) is 0 Å². The number of thioether (sulfide) groups is 1. The topological polar surface area (TPSA) is 73.0 Å². The molecule has 2 heterocycles. The van der Waals surface area contributed by atoms with Crippen LogP contribution in [-0.2, 0) is 11.3 Å². The van der Waals surface area contributed by atoms with Crippen molar-refractivity contribution in [3.8, 4) is 0 Å². The summed E-state index contributed by atoms with van der Waals surface area (Å²) in [5, 5.41) is 12.4. The lowest BCUT2D eigenvalue weighted by Crippen LogP contribution is -2.26. The molecule has 146 valence electrons. The Morgan fingerprint density at radius 3 is 2.96 bits per heavy atom. The molecular weight excluding hydrogens is 360 g/mol. The van der Waals surface area contributed by atoms with E-state index in [-0.39, 0.29) is 11.8 Å².